The van der Waals surface area contributed by atoms with Crippen molar-refractivity contribution in [3.63, 3.8) is 0 Å². The molecule has 2 fully saturated rings. The Bertz CT molecular complexity index is 814. The minimum atomic E-state index is -0.468. The zero-order valence-electron chi connectivity index (χ0n) is 15.7. The molecule has 2 saturated heterocycles. The van der Waals surface area contributed by atoms with Crippen molar-refractivity contribution in [1.82, 2.24) is 9.88 Å². The van der Waals surface area contributed by atoms with Gasteiger partial charge in [0, 0.05) is 38.1 Å². The average molecular weight is 387 g/mol. The van der Waals surface area contributed by atoms with Crippen LogP contribution >= 0.6 is 11.3 Å². The second kappa shape index (κ2) is 7.58. The van der Waals surface area contributed by atoms with Crippen LogP contribution in [0, 0.1) is 6.92 Å². The summed E-state index contributed by atoms with van der Waals surface area (Å²) in [5.41, 5.74) is 8.26. The predicted octanol–water partition coefficient (Wildman–Crippen LogP) is 2.42. The minimum Gasteiger partial charge on any atom is -0.371 e. The molecular formula is C20H26N4O2S. The molecule has 7 heteroatoms. The number of anilines is 1. The van der Waals surface area contributed by atoms with Crippen LogP contribution in [0.25, 0.3) is 0 Å². The van der Waals surface area contributed by atoms with Gasteiger partial charge in [0.05, 0.1) is 12.2 Å². The molecule has 0 unspecified atom stereocenters. The summed E-state index contributed by atoms with van der Waals surface area (Å²) in [7, 11) is 0. The predicted molar refractivity (Wildman–Crippen MR) is 107 cm³/mol. The van der Waals surface area contributed by atoms with E-state index in [2.05, 4.69) is 46.0 Å². The van der Waals surface area contributed by atoms with Crippen LogP contribution in [-0.2, 0) is 11.3 Å². The fourth-order valence-corrected chi connectivity index (χ4v) is 4.86. The molecule has 2 aliphatic heterocycles. The number of ether oxygens (including phenoxy) is 1. The van der Waals surface area contributed by atoms with Crippen LogP contribution in [0.2, 0.25) is 0 Å². The lowest BCUT2D eigenvalue weighted by molar-refractivity contribution is -0.0921. The highest BCUT2D eigenvalue weighted by atomic mass is 32.1. The van der Waals surface area contributed by atoms with Gasteiger partial charge in [-0.2, -0.15) is 0 Å². The second-order valence-corrected chi connectivity index (χ2v) is 8.43. The van der Waals surface area contributed by atoms with Gasteiger partial charge >= 0.3 is 0 Å². The Morgan fingerprint density at radius 1 is 1.33 bits per heavy atom. The van der Waals surface area contributed by atoms with Gasteiger partial charge in [-0.15, -0.1) is 11.3 Å². The number of thiazole rings is 1. The number of hydrogen-bond donors (Lipinski definition) is 1. The molecule has 144 valence electrons. The summed E-state index contributed by atoms with van der Waals surface area (Å²) in [6.07, 6.45) is 2.03. The molecule has 1 aromatic heterocycles. The maximum absolute atomic E-state index is 11.3. The first-order valence-electron chi connectivity index (χ1n) is 9.45. The maximum Gasteiger partial charge on any atom is 0.268 e. The Morgan fingerprint density at radius 2 is 2.15 bits per heavy atom. The van der Waals surface area contributed by atoms with Crippen LogP contribution in [0.1, 0.15) is 34.5 Å². The summed E-state index contributed by atoms with van der Waals surface area (Å²) in [5.74, 6) is -0.468. The van der Waals surface area contributed by atoms with Gasteiger partial charge in [-0.25, -0.2) is 4.98 Å². The van der Waals surface area contributed by atoms with E-state index in [0.717, 1.165) is 50.7 Å². The first-order valence-corrected chi connectivity index (χ1v) is 10.3. The van der Waals surface area contributed by atoms with Crippen LogP contribution < -0.4 is 10.6 Å². The van der Waals surface area contributed by atoms with Gasteiger partial charge < -0.3 is 15.4 Å². The van der Waals surface area contributed by atoms with Crippen molar-refractivity contribution in [1.29, 1.82) is 0 Å². The number of carbonyl (C=O) groups is 1. The number of aromatic nitrogens is 1. The first-order chi connectivity index (χ1) is 13.0. The van der Waals surface area contributed by atoms with Crippen LogP contribution in [-0.4, -0.2) is 54.2 Å². The van der Waals surface area contributed by atoms with E-state index < -0.39 is 5.91 Å². The summed E-state index contributed by atoms with van der Waals surface area (Å²) < 4.78 is 6.25. The fourth-order valence-electron chi connectivity index (χ4n) is 4.02. The Hall–Kier alpha value is -1.96. The first kappa shape index (κ1) is 18.4. The van der Waals surface area contributed by atoms with E-state index in [0.29, 0.717) is 12.3 Å². The highest BCUT2D eigenvalue weighted by Gasteiger charge is 2.40. The smallest absolute Gasteiger partial charge is 0.268 e. The van der Waals surface area contributed by atoms with E-state index in [4.69, 9.17) is 10.5 Å². The van der Waals surface area contributed by atoms with E-state index in [1.807, 2.05) is 0 Å². The SMILES string of the molecule is Cc1cccc(CN2CCC3(CC2)CN(c2nc(C(N)=O)cs2)CCO3)c1. The molecule has 2 aliphatic rings. The summed E-state index contributed by atoms with van der Waals surface area (Å²) in [6, 6.07) is 8.74. The molecule has 0 aliphatic carbocycles. The Balaban J connectivity index is 1.37. The molecule has 0 atom stereocenters. The lowest BCUT2D eigenvalue weighted by Gasteiger charge is -2.47. The van der Waals surface area contributed by atoms with Crippen molar-refractivity contribution >= 4 is 22.4 Å². The third kappa shape index (κ3) is 4.15. The maximum atomic E-state index is 11.3. The topological polar surface area (TPSA) is 71.7 Å². The van der Waals surface area contributed by atoms with E-state index in [-0.39, 0.29) is 5.60 Å². The Labute approximate surface area is 163 Å². The quantitative estimate of drug-likeness (QED) is 0.874. The summed E-state index contributed by atoms with van der Waals surface area (Å²) in [6.45, 7) is 7.54. The Kier molecular flexibility index (Phi) is 5.16. The molecule has 6 nitrogen and oxygen atoms in total. The number of hydrogen-bond acceptors (Lipinski definition) is 6. The van der Waals surface area contributed by atoms with E-state index in [1.54, 1.807) is 5.38 Å². The third-order valence-corrected chi connectivity index (χ3v) is 6.42. The number of carbonyl (C=O) groups excluding carboxylic acids is 1. The van der Waals surface area contributed by atoms with E-state index >= 15 is 0 Å². The van der Waals surface area contributed by atoms with Crippen molar-refractivity contribution in [2.45, 2.75) is 31.9 Å². The molecule has 1 spiro atoms. The fraction of sp³-hybridized carbons (Fsp3) is 0.500. The van der Waals surface area contributed by atoms with Crippen molar-refractivity contribution in [3.8, 4) is 0 Å². The summed E-state index contributed by atoms with van der Waals surface area (Å²) >= 11 is 1.48. The number of morpholine rings is 1. The van der Waals surface area contributed by atoms with Crippen molar-refractivity contribution < 1.29 is 9.53 Å². The molecule has 2 N–H and O–H groups in total. The zero-order valence-corrected chi connectivity index (χ0v) is 16.5. The van der Waals surface area contributed by atoms with Crippen molar-refractivity contribution in [3.05, 3.63) is 46.5 Å². The Morgan fingerprint density at radius 3 is 2.85 bits per heavy atom. The van der Waals surface area contributed by atoms with Crippen LogP contribution in [0.15, 0.2) is 29.6 Å². The molecular weight excluding hydrogens is 360 g/mol. The average Bonchev–Trinajstić information content (AvgIpc) is 3.15. The van der Waals surface area contributed by atoms with Gasteiger partial charge in [0.1, 0.15) is 5.69 Å². The van der Waals surface area contributed by atoms with Gasteiger partial charge in [0.25, 0.3) is 5.91 Å². The van der Waals surface area contributed by atoms with Crippen molar-refractivity contribution in [2.75, 3.05) is 37.7 Å². The highest BCUT2D eigenvalue weighted by molar-refractivity contribution is 7.13. The standard InChI is InChI=1S/C20H26N4O2S/c1-15-3-2-4-16(11-15)12-23-7-5-20(6-8-23)14-24(9-10-26-20)19-22-17(13-27-19)18(21)25/h2-4,11,13H,5-10,12,14H2,1H3,(H2,21,25). The number of nitrogens with two attached hydrogens (primary N) is 1. The van der Waals surface area contributed by atoms with Gasteiger partial charge in [-0.1, -0.05) is 29.8 Å². The number of aryl methyl sites for hydroxylation is 1. The van der Waals surface area contributed by atoms with Crippen LogP contribution in [0.3, 0.4) is 0 Å². The molecule has 27 heavy (non-hydrogen) atoms. The molecule has 0 saturated carbocycles. The molecule has 4 rings (SSSR count). The number of likely N-dealkylation sites (tertiary alicyclic amines) is 1. The number of benzene rings is 1. The molecule has 1 aromatic carbocycles. The number of piperidine rings is 1. The van der Waals surface area contributed by atoms with Crippen LogP contribution in [0.5, 0.6) is 0 Å². The number of amides is 1. The number of nitrogens with zero attached hydrogens (tertiary/aromatic N) is 3. The number of primary amides is 1. The van der Waals surface area contributed by atoms with Crippen molar-refractivity contribution in [2.24, 2.45) is 5.73 Å². The molecule has 0 bridgehead atoms. The molecule has 1 amide bonds. The van der Waals surface area contributed by atoms with E-state index in [9.17, 15) is 4.79 Å². The largest absolute Gasteiger partial charge is 0.371 e. The van der Waals surface area contributed by atoms with Gasteiger partial charge in [-0.3, -0.25) is 9.69 Å². The second-order valence-electron chi connectivity index (χ2n) is 7.60. The zero-order chi connectivity index (χ0) is 18.9. The number of rotatable bonds is 4. The normalized spacial score (nSPS) is 20.1. The van der Waals surface area contributed by atoms with Gasteiger partial charge in [0.15, 0.2) is 5.13 Å². The third-order valence-electron chi connectivity index (χ3n) is 5.52. The monoisotopic (exact) mass is 386 g/mol. The minimum absolute atomic E-state index is 0.111. The molecule has 3 heterocycles. The van der Waals surface area contributed by atoms with Gasteiger partial charge in [-0.05, 0) is 25.3 Å². The summed E-state index contributed by atoms with van der Waals surface area (Å²) in [5, 5.41) is 2.61. The lowest BCUT2D eigenvalue weighted by Crippen LogP contribution is -2.56. The molecule has 2 aromatic rings. The summed E-state index contributed by atoms with van der Waals surface area (Å²) in [4.78, 5) is 20.5. The van der Waals surface area contributed by atoms with Crippen LogP contribution in [0.4, 0.5) is 5.13 Å². The van der Waals surface area contributed by atoms with E-state index in [1.165, 1.54) is 22.5 Å². The lowest BCUT2D eigenvalue weighted by atomic mass is 9.89. The highest BCUT2D eigenvalue weighted by Crippen LogP contribution is 2.33. The molecule has 0 radical (unpaired) electrons. The van der Waals surface area contributed by atoms with Gasteiger partial charge in [0.2, 0.25) is 0 Å².